The van der Waals surface area contributed by atoms with Gasteiger partial charge in [0.15, 0.2) is 7.05 Å². The molecule has 0 N–H and O–H groups in total. The van der Waals surface area contributed by atoms with Gasteiger partial charge in [-0.2, -0.15) is 0 Å². The van der Waals surface area contributed by atoms with Crippen molar-refractivity contribution in [1.29, 1.82) is 0 Å². The molecule has 0 spiro atoms. The van der Waals surface area contributed by atoms with E-state index in [0.717, 1.165) is 4.76 Å². The quantitative estimate of drug-likeness (QED) is 0.816. The van der Waals surface area contributed by atoms with Crippen LogP contribution < -0.4 is 10.3 Å². The van der Waals surface area contributed by atoms with Gasteiger partial charge in [0.1, 0.15) is 5.75 Å². The molecule has 0 saturated carbocycles. The van der Waals surface area contributed by atoms with Crippen molar-refractivity contribution in [3.05, 3.63) is 56.3 Å². The molecule has 2 aromatic rings. The van der Waals surface area contributed by atoms with Crippen molar-refractivity contribution in [3.63, 3.8) is 0 Å². The van der Waals surface area contributed by atoms with Gasteiger partial charge in [-0.3, -0.25) is 9.36 Å². The minimum absolute atomic E-state index is 0.191. The fourth-order valence-corrected chi connectivity index (χ4v) is 2.06. The number of hydrogen-bond donors (Lipinski definition) is 0. The van der Waals surface area contributed by atoms with E-state index in [1.165, 1.54) is 18.7 Å². The van der Waals surface area contributed by atoms with Gasteiger partial charge in [-0.1, -0.05) is 0 Å². The fourth-order valence-electron chi connectivity index (χ4n) is 1.72. The maximum absolute atomic E-state index is 12.0. The first-order valence-corrected chi connectivity index (χ1v) is 6.30. The summed E-state index contributed by atoms with van der Waals surface area (Å²) >= 11 is 3.20. The summed E-state index contributed by atoms with van der Waals surface area (Å²) in [6, 6.07) is 8.33. The Hall–Kier alpha value is -1.95. The van der Waals surface area contributed by atoms with Crippen LogP contribution in [0.3, 0.4) is 0 Å². The molecular formula is C13H12BrN2O3+. The summed E-state index contributed by atoms with van der Waals surface area (Å²) in [5, 5.41) is 0. The van der Waals surface area contributed by atoms with Gasteiger partial charge >= 0.3 is 0 Å². The van der Waals surface area contributed by atoms with E-state index in [9.17, 15) is 9.70 Å². The molecule has 0 amide bonds. The SMILES string of the molecule is COc1cc([N+](C)=O)ccc1-n1cccc(Br)c1=O. The molecule has 1 aromatic heterocycles. The zero-order chi connectivity index (χ0) is 14.0. The van der Waals surface area contributed by atoms with E-state index in [0.29, 0.717) is 21.6 Å². The molecule has 98 valence electrons. The van der Waals surface area contributed by atoms with E-state index < -0.39 is 0 Å². The number of nitroso groups, excluding NO2 is 1. The molecule has 0 aliphatic heterocycles. The van der Waals surface area contributed by atoms with E-state index in [1.807, 2.05) is 0 Å². The van der Waals surface area contributed by atoms with Gasteiger partial charge in [-0.05, 0) is 34.1 Å². The molecule has 19 heavy (non-hydrogen) atoms. The van der Waals surface area contributed by atoms with Crippen LogP contribution in [0.2, 0.25) is 0 Å². The normalized spacial score (nSPS) is 10.3. The highest BCUT2D eigenvalue weighted by molar-refractivity contribution is 9.10. The average Bonchev–Trinajstić information content (AvgIpc) is 2.41. The Bertz CT molecular complexity index is 695. The van der Waals surface area contributed by atoms with E-state index in [-0.39, 0.29) is 5.56 Å². The van der Waals surface area contributed by atoms with Crippen molar-refractivity contribution in [2.24, 2.45) is 0 Å². The van der Waals surface area contributed by atoms with Crippen molar-refractivity contribution < 1.29 is 9.50 Å². The third kappa shape index (κ3) is 2.58. The van der Waals surface area contributed by atoms with Crippen LogP contribution in [0.15, 0.2) is 45.8 Å². The summed E-state index contributed by atoms with van der Waals surface area (Å²) < 4.78 is 7.89. The van der Waals surface area contributed by atoms with E-state index in [2.05, 4.69) is 15.9 Å². The minimum Gasteiger partial charge on any atom is -0.494 e. The summed E-state index contributed by atoms with van der Waals surface area (Å²) in [4.78, 5) is 23.3. The molecule has 1 aromatic carbocycles. The monoisotopic (exact) mass is 323 g/mol. The number of hydrogen-bond acceptors (Lipinski definition) is 3. The highest BCUT2D eigenvalue weighted by Gasteiger charge is 2.14. The first-order chi connectivity index (χ1) is 9.04. The summed E-state index contributed by atoms with van der Waals surface area (Å²) in [6.07, 6.45) is 1.64. The van der Waals surface area contributed by atoms with Gasteiger partial charge in [0, 0.05) is 21.9 Å². The molecule has 0 atom stereocenters. The van der Waals surface area contributed by atoms with Crippen LogP contribution >= 0.6 is 15.9 Å². The summed E-state index contributed by atoms with van der Waals surface area (Å²) in [6.45, 7) is 0. The second-order valence-corrected chi connectivity index (χ2v) is 4.74. The lowest BCUT2D eigenvalue weighted by Crippen LogP contribution is -2.18. The van der Waals surface area contributed by atoms with Gasteiger partial charge in [0.2, 0.25) is 0 Å². The molecule has 2 rings (SSSR count). The lowest BCUT2D eigenvalue weighted by atomic mass is 10.2. The van der Waals surface area contributed by atoms with Gasteiger partial charge < -0.3 is 4.74 Å². The van der Waals surface area contributed by atoms with Crippen molar-refractivity contribution in [1.82, 2.24) is 4.57 Å². The Morgan fingerprint density at radius 1 is 1.32 bits per heavy atom. The largest absolute Gasteiger partial charge is 0.494 e. The molecule has 6 heteroatoms. The second kappa shape index (κ2) is 5.36. The Labute approximate surface area is 118 Å². The molecule has 0 fully saturated rings. The van der Waals surface area contributed by atoms with Crippen molar-refractivity contribution in [3.8, 4) is 11.4 Å². The van der Waals surface area contributed by atoms with Gasteiger partial charge in [-0.25, -0.2) is 0 Å². The molecule has 0 unspecified atom stereocenters. The number of rotatable bonds is 3. The topological polar surface area (TPSA) is 51.3 Å². The third-order valence-corrected chi connectivity index (χ3v) is 3.29. The minimum atomic E-state index is -0.191. The smallest absolute Gasteiger partial charge is 0.269 e. The summed E-state index contributed by atoms with van der Waals surface area (Å²) in [5.74, 6) is 0.459. The fraction of sp³-hybridized carbons (Fsp3) is 0.154. The second-order valence-electron chi connectivity index (χ2n) is 3.88. The maximum atomic E-state index is 12.0. The molecule has 0 saturated heterocycles. The highest BCUT2D eigenvalue weighted by Crippen LogP contribution is 2.26. The third-order valence-electron chi connectivity index (χ3n) is 2.69. The van der Waals surface area contributed by atoms with Gasteiger partial charge in [-0.15, -0.1) is 0 Å². The Kier molecular flexibility index (Phi) is 3.80. The predicted molar refractivity (Wildman–Crippen MR) is 75.5 cm³/mol. The number of nitrogens with zero attached hydrogens (tertiary/aromatic N) is 2. The van der Waals surface area contributed by atoms with Gasteiger partial charge in [0.25, 0.3) is 11.2 Å². The Balaban J connectivity index is 2.66. The number of pyridine rings is 1. The molecule has 0 bridgehead atoms. The van der Waals surface area contributed by atoms with Crippen LogP contribution in [0, 0.1) is 4.91 Å². The van der Waals surface area contributed by atoms with Crippen molar-refractivity contribution in [2.75, 3.05) is 14.2 Å². The maximum Gasteiger partial charge on any atom is 0.269 e. The van der Waals surface area contributed by atoms with E-state index in [1.54, 1.807) is 36.5 Å². The standard InChI is InChI=1S/C13H12BrN2O3/c1-15(18)9-5-6-11(12(8-9)19-2)16-7-3-4-10(14)13(16)17/h3-8H,1-2H3/q+1. The molecule has 0 aliphatic rings. The number of aromatic nitrogens is 1. The number of methoxy groups -OCH3 is 1. The van der Waals surface area contributed by atoms with E-state index in [4.69, 9.17) is 4.74 Å². The molecule has 1 heterocycles. The number of ether oxygens (including phenoxy) is 1. The molecule has 0 radical (unpaired) electrons. The van der Waals surface area contributed by atoms with Crippen LogP contribution in [0.4, 0.5) is 5.69 Å². The van der Waals surface area contributed by atoms with Crippen LogP contribution in [0.5, 0.6) is 5.75 Å². The lowest BCUT2D eigenvalue weighted by molar-refractivity contribution is -0.428. The Morgan fingerprint density at radius 3 is 2.68 bits per heavy atom. The highest BCUT2D eigenvalue weighted by atomic mass is 79.9. The summed E-state index contributed by atoms with van der Waals surface area (Å²) in [7, 11) is 2.90. The predicted octanol–water partition coefficient (Wildman–Crippen LogP) is 2.65. The van der Waals surface area contributed by atoms with Crippen LogP contribution in [0.1, 0.15) is 0 Å². The lowest BCUT2D eigenvalue weighted by Gasteiger charge is -2.10. The molecule has 0 aliphatic carbocycles. The first kappa shape index (κ1) is 13.5. The van der Waals surface area contributed by atoms with E-state index >= 15 is 0 Å². The van der Waals surface area contributed by atoms with Crippen molar-refractivity contribution in [2.45, 2.75) is 0 Å². The molecular weight excluding hydrogens is 312 g/mol. The number of benzene rings is 1. The number of halogens is 1. The average molecular weight is 324 g/mol. The van der Waals surface area contributed by atoms with Crippen molar-refractivity contribution >= 4 is 21.6 Å². The Morgan fingerprint density at radius 2 is 2.05 bits per heavy atom. The zero-order valence-electron chi connectivity index (χ0n) is 10.5. The van der Waals surface area contributed by atoms with Crippen LogP contribution in [0.25, 0.3) is 5.69 Å². The first-order valence-electron chi connectivity index (χ1n) is 5.51. The summed E-state index contributed by atoms with van der Waals surface area (Å²) in [5.41, 5.74) is 0.854. The molecule has 5 nitrogen and oxygen atoms in total. The van der Waals surface area contributed by atoms with Gasteiger partial charge in [0.05, 0.1) is 23.3 Å². The zero-order valence-corrected chi connectivity index (χ0v) is 12.0. The van der Waals surface area contributed by atoms with Crippen LogP contribution in [-0.4, -0.2) is 23.5 Å². The van der Waals surface area contributed by atoms with Crippen LogP contribution in [-0.2, 0) is 0 Å².